The average Bonchev–Trinajstić information content (AvgIpc) is 2.76. The van der Waals surface area contributed by atoms with Crippen LogP contribution in [-0.2, 0) is 6.54 Å². The number of ether oxygens (including phenoxy) is 1. The van der Waals surface area contributed by atoms with Crippen molar-refractivity contribution in [2.45, 2.75) is 13.5 Å². The first kappa shape index (κ1) is 11.9. The van der Waals surface area contributed by atoms with Gasteiger partial charge in [-0.3, -0.25) is 14.8 Å². The number of rotatable bonds is 4. The zero-order valence-corrected chi connectivity index (χ0v) is 9.74. The fourth-order valence-electron chi connectivity index (χ4n) is 1.48. The van der Waals surface area contributed by atoms with Crippen molar-refractivity contribution in [3.05, 3.63) is 40.7 Å². The molecule has 0 aliphatic heterocycles. The first-order chi connectivity index (χ1) is 8.58. The molecule has 0 amide bonds. The summed E-state index contributed by atoms with van der Waals surface area (Å²) < 4.78 is 7.16. The van der Waals surface area contributed by atoms with Crippen LogP contribution in [0.2, 0.25) is 0 Å². The number of aromatic nitrogens is 2. The fourth-order valence-corrected chi connectivity index (χ4v) is 1.48. The van der Waals surface area contributed by atoms with E-state index in [1.807, 2.05) is 6.92 Å². The minimum Gasteiger partial charge on any atom is -0.454 e. The van der Waals surface area contributed by atoms with Gasteiger partial charge in [0.1, 0.15) is 5.75 Å². The predicted octanol–water partition coefficient (Wildman–Crippen LogP) is 2.19. The molecule has 0 aliphatic rings. The van der Waals surface area contributed by atoms with Crippen LogP contribution in [0.5, 0.6) is 11.5 Å². The van der Waals surface area contributed by atoms with Crippen molar-refractivity contribution >= 4 is 11.4 Å². The third-order valence-electron chi connectivity index (χ3n) is 2.29. The number of aryl methyl sites for hydroxylation is 1. The highest BCUT2D eigenvalue weighted by molar-refractivity contribution is 5.54. The highest BCUT2D eigenvalue weighted by atomic mass is 16.6. The molecule has 18 heavy (non-hydrogen) atoms. The van der Waals surface area contributed by atoms with Crippen LogP contribution in [-0.4, -0.2) is 14.7 Å². The Balaban J connectivity index is 2.25. The van der Waals surface area contributed by atoms with Gasteiger partial charge >= 0.3 is 0 Å². The van der Waals surface area contributed by atoms with Crippen LogP contribution in [0.25, 0.3) is 0 Å². The molecule has 0 saturated carbocycles. The van der Waals surface area contributed by atoms with Crippen LogP contribution >= 0.6 is 0 Å². The molecule has 2 rings (SSSR count). The Kier molecular flexibility index (Phi) is 3.13. The number of nitro benzene ring substituents is 1. The Morgan fingerprint density at radius 1 is 1.44 bits per heavy atom. The molecule has 0 atom stereocenters. The molecule has 7 heteroatoms. The number of nitrogens with zero attached hydrogens (tertiary/aromatic N) is 3. The van der Waals surface area contributed by atoms with Gasteiger partial charge in [-0.15, -0.1) is 0 Å². The highest BCUT2D eigenvalue weighted by Gasteiger charge is 2.10. The first-order valence-electron chi connectivity index (χ1n) is 5.33. The van der Waals surface area contributed by atoms with Crippen LogP contribution in [0.15, 0.2) is 30.6 Å². The zero-order valence-electron chi connectivity index (χ0n) is 9.74. The van der Waals surface area contributed by atoms with Gasteiger partial charge in [0, 0.05) is 24.4 Å². The van der Waals surface area contributed by atoms with Crippen LogP contribution in [0.3, 0.4) is 0 Å². The normalized spacial score (nSPS) is 10.3. The number of anilines is 1. The molecule has 0 saturated heterocycles. The van der Waals surface area contributed by atoms with Crippen molar-refractivity contribution in [3.63, 3.8) is 0 Å². The molecule has 2 N–H and O–H groups in total. The Bertz CT molecular complexity index is 579. The second-order valence-corrected chi connectivity index (χ2v) is 3.65. The molecule has 2 aromatic rings. The Labute approximate surface area is 103 Å². The lowest BCUT2D eigenvalue weighted by Crippen LogP contribution is -1.93. The Morgan fingerprint density at radius 3 is 2.83 bits per heavy atom. The summed E-state index contributed by atoms with van der Waals surface area (Å²) >= 11 is 0. The van der Waals surface area contributed by atoms with Gasteiger partial charge in [-0.2, -0.15) is 5.10 Å². The van der Waals surface area contributed by atoms with E-state index in [-0.39, 0.29) is 11.4 Å². The van der Waals surface area contributed by atoms with E-state index >= 15 is 0 Å². The van der Waals surface area contributed by atoms with Crippen molar-refractivity contribution in [1.29, 1.82) is 0 Å². The Hall–Kier alpha value is -2.57. The maximum atomic E-state index is 10.7. The van der Waals surface area contributed by atoms with Gasteiger partial charge in [-0.05, 0) is 6.92 Å². The topological polar surface area (TPSA) is 96.2 Å². The van der Waals surface area contributed by atoms with Gasteiger partial charge in [0.2, 0.25) is 0 Å². The lowest BCUT2D eigenvalue weighted by molar-refractivity contribution is -0.384. The second kappa shape index (κ2) is 4.74. The SMILES string of the molecule is CCn1cc(Oc2cc(N)cc([N+](=O)[O-])c2)cn1. The zero-order chi connectivity index (χ0) is 13.1. The quantitative estimate of drug-likeness (QED) is 0.508. The number of nitro groups is 1. The van der Waals surface area contributed by atoms with E-state index in [0.717, 1.165) is 6.54 Å². The lowest BCUT2D eigenvalue weighted by Gasteiger charge is -2.03. The van der Waals surface area contributed by atoms with Crippen LogP contribution < -0.4 is 10.5 Å². The number of nitrogens with two attached hydrogens (primary N) is 1. The van der Waals surface area contributed by atoms with E-state index in [1.165, 1.54) is 18.2 Å². The molecular formula is C11H12N4O3. The van der Waals surface area contributed by atoms with E-state index < -0.39 is 4.92 Å². The summed E-state index contributed by atoms with van der Waals surface area (Å²) in [6, 6.07) is 4.12. The van der Waals surface area contributed by atoms with Crippen molar-refractivity contribution < 1.29 is 9.66 Å². The van der Waals surface area contributed by atoms with E-state index in [9.17, 15) is 10.1 Å². The molecule has 0 fully saturated rings. The second-order valence-electron chi connectivity index (χ2n) is 3.65. The summed E-state index contributed by atoms with van der Waals surface area (Å²) in [6.45, 7) is 2.67. The number of benzene rings is 1. The number of non-ortho nitro benzene ring substituents is 1. The lowest BCUT2D eigenvalue weighted by atomic mass is 10.2. The molecule has 1 aromatic carbocycles. The first-order valence-corrected chi connectivity index (χ1v) is 5.33. The summed E-state index contributed by atoms with van der Waals surface area (Å²) in [5, 5.41) is 14.7. The standard InChI is InChI=1S/C11H12N4O3/c1-2-14-7-11(6-13-14)18-10-4-8(12)3-9(5-10)15(16)17/h3-7H,2,12H2,1H3. The molecule has 1 aromatic heterocycles. The van der Waals surface area contributed by atoms with E-state index in [2.05, 4.69) is 5.10 Å². The van der Waals surface area contributed by atoms with Gasteiger partial charge < -0.3 is 10.5 Å². The molecule has 1 heterocycles. The van der Waals surface area contributed by atoms with Crippen molar-refractivity contribution in [2.24, 2.45) is 0 Å². The van der Waals surface area contributed by atoms with E-state index in [0.29, 0.717) is 11.5 Å². The largest absolute Gasteiger partial charge is 0.454 e. The summed E-state index contributed by atoms with van der Waals surface area (Å²) in [7, 11) is 0. The van der Waals surface area contributed by atoms with Gasteiger partial charge in [0.15, 0.2) is 5.75 Å². The maximum Gasteiger partial charge on any atom is 0.275 e. The van der Waals surface area contributed by atoms with Crippen LogP contribution in [0.1, 0.15) is 6.92 Å². The molecule has 0 radical (unpaired) electrons. The molecule has 94 valence electrons. The minimum absolute atomic E-state index is 0.104. The monoisotopic (exact) mass is 248 g/mol. The van der Waals surface area contributed by atoms with Gasteiger partial charge in [-0.1, -0.05) is 0 Å². The summed E-state index contributed by atoms with van der Waals surface area (Å²) in [6.07, 6.45) is 3.24. The summed E-state index contributed by atoms with van der Waals surface area (Å²) in [5.41, 5.74) is 5.75. The molecule has 7 nitrogen and oxygen atoms in total. The van der Waals surface area contributed by atoms with E-state index in [1.54, 1.807) is 17.1 Å². The molecule has 0 aliphatic carbocycles. The minimum atomic E-state index is -0.515. The van der Waals surface area contributed by atoms with Crippen molar-refractivity contribution in [2.75, 3.05) is 5.73 Å². The summed E-state index contributed by atoms with van der Waals surface area (Å²) in [4.78, 5) is 10.2. The maximum absolute atomic E-state index is 10.7. The highest BCUT2D eigenvalue weighted by Crippen LogP contribution is 2.28. The molecular weight excluding hydrogens is 236 g/mol. The van der Waals surface area contributed by atoms with Crippen molar-refractivity contribution in [1.82, 2.24) is 9.78 Å². The van der Waals surface area contributed by atoms with Gasteiger partial charge in [-0.25, -0.2) is 0 Å². The number of hydrogen-bond acceptors (Lipinski definition) is 5. The fraction of sp³-hybridized carbons (Fsp3) is 0.182. The van der Waals surface area contributed by atoms with Crippen LogP contribution in [0, 0.1) is 10.1 Å². The third-order valence-corrected chi connectivity index (χ3v) is 2.29. The molecule has 0 spiro atoms. The Morgan fingerprint density at radius 2 is 2.22 bits per heavy atom. The number of hydrogen-bond donors (Lipinski definition) is 1. The number of nitrogen functional groups attached to an aromatic ring is 1. The van der Waals surface area contributed by atoms with Crippen LogP contribution in [0.4, 0.5) is 11.4 Å². The predicted molar refractivity (Wildman–Crippen MR) is 65.5 cm³/mol. The average molecular weight is 248 g/mol. The molecule has 0 unspecified atom stereocenters. The van der Waals surface area contributed by atoms with Crippen molar-refractivity contribution in [3.8, 4) is 11.5 Å². The summed E-state index contributed by atoms with van der Waals surface area (Å²) in [5.74, 6) is 0.828. The smallest absolute Gasteiger partial charge is 0.275 e. The van der Waals surface area contributed by atoms with Gasteiger partial charge in [0.05, 0.1) is 23.4 Å². The van der Waals surface area contributed by atoms with Gasteiger partial charge in [0.25, 0.3) is 5.69 Å². The molecule has 0 bridgehead atoms. The third kappa shape index (κ3) is 2.57. The van der Waals surface area contributed by atoms with E-state index in [4.69, 9.17) is 10.5 Å².